The predicted molar refractivity (Wildman–Crippen MR) is 163 cm³/mol. The molecule has 0 unspecified atom stereocenters. The van der Waals surface area contributed by atoms with Gasteiger partial charge in [-0.05, 0) is 100 Å². The van der Waals surface area contributed by atoms with Crippen molar-refractivity contribution in [2.45, 2.75) is 71.1 Å². The largest absolute Gasteiger partial charge is 0.479 e. The van der Waals surface area contributed by atoms with E-state index >= 15 is 0 Å². The van der Waals surface area contributed by atoms with Crippen LogP contribution in [0.1, 0.15) is 60.3 Å². The van der Waals surface area contributed by atoms with Crippen LogP contribution in [-0.4, -0.2) is 40.9 Å². The Hall–Kier alpha value is -3.86. The standard InChI is InChI=1S/C33H35FN2O6S/c1-18-7-9-21(10-8-18)26-19(2)27-24-15-16-36(43(40,41)23-13-11-22(34)12-14-23)17-25(24)31(37)35-29(27)20(3)28(26)30(32(38)39)42-33(4,5)6/h7-14,30H,15-17H2,1-6H3,(H,35,37)(H,38,39)/t30-/m0/s1. The highest BCUT2D eigenvalue weighted by Crippen LogP contribution is 2.43. The first-order valence-corrected chi connectivity index (χ1v) is 15.5. The van der Waals surface area contributed by atoms with Crippen molar-refractivity contribution in [3.05, 3.63) is 98.1 Å². The van der Waals surface area contributed by atoms with Crippen LogP contribution in [0.15, 0.2) is 58.2 Å². The Morgan fingerprint density at radius 1 is 1.00 bits per heavy atom. The Morgan fingerprint density at radius 3 is 2.21 bits per heavy atom. The highest BCUT2D eigenvalue weighted by Gasteiger charge is 2.35. The number of sulfonamides is 1. The lowest BCUT2D eigenvalue weighted by Gasteiger charge is -2.32. The molecule has 10 heteroatoms. The number of aliphatic carboxylic acids is 1. The predicted octanol–water partition coefficient (Wildman–Crippen LogP) is 5.95. The summed E-state index contributed by atoms with van der Waals surface area (Å²) in [7, 11) is -3.98. The van der Waals surface area contributed by atoms with Gasteiger partial charge >= 0.3 is 5.97 Å². The van der Waals surface area contributed by atoms with Crippen molar-refractivity contribution in [3.63, 3.8) is 0 Å². The molecule has 0 radical (unpaired) electrons. The molecule has 5 rings (SSSR count). The molecule has 0 spiro atoms. The number of aromatic nitrogens is 1. The first-order chi connectivity index (χ1) is 20.1. The summed E-state index contributed by atoms with van der Waals surface area (Å²) in [6, 6.07) is 12.4. The Morgan fingerprint density at radius 2 is 1.63 bits per heavy atom. The number of benzene rings is 3. The van der Waals surface area contributed by atoms with Gasteiger partial charge in [0, 0.05) is 29.6 Å². The van der Waals surface area contributed by atoms with Gasteiger partial charge in [0.2, 0.25) is 10.0 Å². The lowest BCUT2D eigenvalue weighted by atomic mass is 9.83. The van der Waals surface area contributed by atoms with Crippen molar-refractivity contribution in [1.82, 2.24) is 9.29 Å². The van der Waals surface area contributed by atoms with E-state index in [1.807, 2.05) is 38.1 Å². The average molecular weight is 607 g/mol. The van der Waals surface area contributed by atoms with Crippen LogP contribution >= 0.6 is 0 Å². The third-order valence-corrected chi connectivity index (χ3v) is 9.78. The third kappa shape index (κ3) is 5.62. The molecule has 4 aromatic rings. The maximum absolute atomic E-state index is 13.6. The summed E-state index contributed by atoms with van der Waals surface area (Å²) in [6.07, 6.45) is -1.04. The number of aromatic amines is 1. The molecule has 3 aromatic carbocycles. The molecule has 0 saturated heterocycles. The van der Waals surface area contributed by atoms with Gasteiger partial charge in [0.25, 0.3) is 5.56 Å². The first kappa shape index (κ1) is 30.6. The van der Waals surface area contributed by atoms with Gasteiger partial charge in [-0.2, -0.15) is 4.31 Å². The second kappa shape index (κ2) is 11.0. The summed E-state index contributed by atoms with van der Waals surface area (Å²) in [5, 5.41) is 11.1. The lowest BCUT2D eigenvalue weighted by Crippen LogP contribution is -2.39. The molecule has 43 heavy (non-hydrogen) atoms. The van der Waals surface area contributed by atoms with E-state index in [4.69, 9.17) is 4.74 Å². The number of carboxylic acid groups (broad SMARTS) is 1. The zero-order valence-corrected chi connectivity index (χ0v) is 25.9. The highest BCUT2D eigenvalue weighted by atomic mass is 32.2. The summed E-state index contributed by atoms with van der Waals surface area (Å²) in [4.78, 5) is 29.2. The average Bonchev–Trinajstić information content (AvgIpc) is 2.93. The SMILES string of the molecule is Cc1ccc(-c2c([C@H](OC(C)(C)C)C(=O)O)c(C)c3[nH]c(=O)c4c(c3c2C)CCN(S(=O)(=O)c2ccc(F)cc2)C4)cc1. The van der Waals surface area contributed by atoms with Crippen molar-refractivity contribution in [2.75, 3.05) is 6.54 Å². The fourth-order valence-electron chi connectivity index (χ4n) is 5.94. The van der Waals surface area contributed by atoms with Crippen LogP contribution in [0.4, 0.5) is 4.39 Å². The fourth-order valence-corrected chi connectivity index (χ4v) is 7.35. The second-order valence-electron chi connectivity index (χ2n) is 12.1. The molecule has 0 fully saturated rings. The van der Waals surface area contributed by atoms with Crippen LogP contribution in [0.5, 0.6) is 0 Å². The number of carbonyl (C=O) groups is 1. The van der Waals surface area contributed by atoms with Crippen molar-refractivity contribution >= 4 is 26.9 Å². The minimum atomic E-state index is -3.98. The van der Waals surface area contributed by atoms with Gasteiger partial charge in [0.15, 0.2) is 6.10 Å². The Balaban J connectivity index is 1.76. The molecule has 8 nitrogen and oxygen atoms in total. The molecule has 1 aliphatic heterocycles. The molecule has 0 bridgehead atoms. The number of aryl methyl sites for hydroxylation is 3. The molecule has 0 aliphatic carbocycles. The topological polar surface area (TPSA) is 117 Å². The summed E-state index contributed by atoms with van der Waals surface area (Å²) < 4.78 is 47.6. The van der Waals surface area contributed by atoms with Gasteiger partial charge in [0.1, 0.15) is 5.82 Å². The normalized spacial score (nSPS) is 15.0. The minimum absolute atomic E-state index is 0.0496. The van der Waals surface area contributed by atoms with Crippen LogP contribution in [0.25, 0.3) is 22.0 Å². The molecule has 2 heterocycles. The van der Waals surface area contributed by atoms with Gasteiger partial charge in [0.05, 0.1) is 16.0 Å². The maximum Gasteiger partial charge on any atom is 0.337 e. The van der Waals surface area contributed by atoms with Gasteiger partial charge in [-0.15, -0.1) is 0 Å². The van der Waals surface area contributed by atoms with E-state index in [0.29, 0.717) is 27.8 Å². The van der Waals surface area contributed by atoms with Crippen LogP contribution < -0.4 is 5.56 Å². The fraction of sp³-hybridized carbons (Fsp3) is 0.333. The van der Waals surface area contributed by atoms with Crippen LogP contribution in [0, 0.1) is 26.6 Å². The number of fused-ring (bicyclic) bond motifs is 3. The Bertz CT molecular complexity index is 1910. The molecular formula is C33H35FN2O6S. The Kier molecular flexibility index (Phi) is 7.83. The lowest BCUT2D eigenvalue weighted by molar-refractivity contribution is -0.160. The van der Waals surface area contributed by atoms with Crippen LogP contribution in [0.3, 0.4) is 0 Å². The smallest absolute Gasteiger partial charge is 0.337 e. The van der Waals surface area contributed by atoms with E-state index < -0.39 is 39.1 Å². The number of H-pyrrole nitrogens is 1. The number of pyridine rings is 1. The van der Waals surface area contributed by atoms with E-state index in [1.165, 1.54) is 16.4 Å². The summed E-state index contributed by atoms with van der Waals surface area (Å²) in [5.74, 6) is -1.69. The number of nitrogens with one attached hydrogen (secondary N) is 1. The molecule has 1 aliphatic rings. The molecule has 226 valence electrons. The van der Waals surface area contributed by atoms with Crippen molar-refractivity contribution in [3.8, 4) is 11.1 Å². The van der Waals surface area contributed by atoms with E-state index in [1.54, 1.807) is 27.7 Å². The molecule has 0 saturated carbocycles. The van der Waals surface area contributed by atoms with Gasteiger partial charge < -0.3 is 14.8 Å². The van der Waals surface area contributed by atoms with E-state index in [2.05, 4.69) is 4.98 Å². The number of rotatable bonds is 6. The van der Waals surface area contributed by atoms with Crippen LogP contribution in [-0.2, 0) is 32.5 Å². The van der Waals surface area contributed by atoms with Crippen molar-refractivity contribution in [1.29, 1.82) is 0 Å². The number of carboxylic acids is 1. The number of ether oxygens (including phenoxy) is 1. The quantitative estimate of drug-likeness (QED) is 0.280. The van der Waals surface area contributed by atoms with E-state index in [9.17, 15) is 27.5 Å². The monoisotopic (exact) mass is 606 g/mol. The van der Waals surface area contributed by atoms with E-state index in [0.717, 1.165) is 39.8 Å². The zero-order valence-electron chi connectivity index (χ0n) is 25.0. The summed E-state index contributed by atoms with van der Waals surface area (Å²) in [5.41, 5.74) is 4.72. The van der Waals surface area contributed by atoms with Crippen molar-refractivity contribution in [2.24, 2.45) is 0 Å². The number of nitrogens with zero attached hydrogens (tertiary/aromatic N) is 1. The number of hydrogen-bond acceptors (Lipinski definition) is 5. The maximum atomic E-state index is 13.6. The summed E-state index contributed by atoms with van der Waals surface area (Å²) >= 11 is 0. The van der Waals surface area contributed by atoms with Gasteiger partial charge in [-0.3, -0.25) is 4.79 Å². The molecule has 2 N–H and O–H groups in total. The van der Waals surface area contributed by atoms with Gasteiger partial charge in [-0.1, -0.05) is 29.8 Å². The number of halogens is 1. The number of hydrogen-bond donors (Lipinski definition) is 2. The second-order valence-corrected chi connectivity index (χ2v) is 14.0. The van der Waals surface area contributed by atoms with Gasteiger partial charge in [-0.25, -0.2) is 17.6 Å². The molecule has 1 aromatic heterocycles. The third-order valence-electron chi connectivity index (χ3n) is 7.92. The summed E-state index contributed by atoms with van der Waals surface area (Å²) in [6.45, 7) is 11.0. The molecule has 1 atom stereocenters. The Labute approximate surface area is 250 Å². The van der Waals surface area contributed by atoms with E-state index in [-0.39, 0.29) is 24.4 Å². The highest BCUT2D eigenvalue weighted by molar-refractivity contribution is 7.89. The zero-order chi connectivity index (χ0) is 31.4. The molecule has 0 amide bonds. The van der Waals surface area contributed by atoms with Crippen LogP contribution in [0.2, 0.25) is 0 Å². The first-order valence-electron chi connectivity index (χ1n) is 14.0. The van der Waals surface area contributed by atoms with Crippen molar-refractivity contribution < 1.29 is 27.4 Å². The molecular weight excluding hydrogens is 571 g/mol. The minimum Gasteiger partial charge on any atom is -0.479 e.